The highest BCUT2D eigenvalue weighted by atomic mass is 16.6. The van der Waals surface area contributed by atoms with Crippen LogP contribution >= 0.6 is 0 Å². The average Bonchev–Trinajstić information content (AvgIpc) is 3.11. The maximum atomic E-state index is 13.0. The van der Waals surface area contributed by atoms with Crippen molar-refractivity contribution < 1.29 is 39.0 Å². The van der Waals surface area contributed by atoms with E-state index in [9.17, 15) is 34.7 Å². The quantitative estimate of drug-likeness (QED) is 0.277. The van der Waals surface area contributed by atoms with Gasteiger partial charge in [-0.15, -0.1) is 0 Å². The first-order valence-electron chi connectivity index (χ1n) is 9.53. The minimum atomic E-state index is -3.11. The number of carbonyl (C=O) groups excluding carboxylic acids is 2. The van der Waals surface area contributed by atoms with E-state index < -0.39 is 47.2 Å². The second-order valence-corrected chi connectivity index (χ2v) is 7.08. The van der Waals surface area contributed by atoms with Gasteiger partial charge < -0.3 is 19.7 Å². The SMILES string of the molecule is O=C(OCc1ccccc1)N1CC(O)C([N+](=O)[O-])C1(C(=O)O)C(=O)OCc1ccccc1. The first-order chi connectivity index (χ1) is 15.3. The summed E-state index contributed by atoms with van der Waals surface area (Å²) in [6, 6.07) is 14.3. The zero-order valence-electron chi connectivity index (χ0n) is 16.7. The van der Waals surface area contributed by atoms with E-state index in [1.165, 1.54) is 0 Å². The number of esters is 1. The third-order valence-electron chi connectivity index (χ3n) is 5.09. The lowest BCUT2D eigenvalue weighted by Gasteiger charge is -2.31. The fourth-order valence-corrected chi connectivity index (χ4v) is 3.57. The van der Waals surface area contributed by atoms with E-state index in [4.69, 9.17) is 9.47 Å². The molecule has 168 valence electrons. The van der Waals surface area contributed by atoms with Crippen molar-refractivity contribution in [2.45, 2.75) is 30.9 Å². The molecule has 3 atom stereocenters. The molecule has 11 heteroatoms. The number of hydrogen-bond acceptors (Lipinski definition) is 8. The Morgan fingerprint density at radius 3 is 1.97 bits per heavy atom. The van der Waals surface area contributed by atoms with Gasteiger partial charge in [-0.1, -0.05) is 60.7 Å². The van der Waals surface area contributed by atoms with Gasteiger partial charge in [0.25, 0.3) is 6.04 Å². The van der Waals surface area contributed by atoms with Gasteiger partial charge >= 0.3 is 23.6 Å². The Labute approximate surface area is 181 Å². The number of nitrogens with zero attached hydrogens (tertiary/aromatic N) is 2. The minimum Gasteiger partial charge on any atom is -0.479 e. The van der Waals surface area contributed by atoms with Crippen molar-refractivity contribution in [3.05, 3.63) is 81.9 Å². The standard InChI is InChI=1S/C21H20N2O9/c24-16-11-22(20(28)32-13-15-9-5-2-6-10-15)21(18(25)26,17(16)23(29)30)19(27)31-12-14-7-3-1-4-8-14/h1-10,16-17,24H,11-13H2,(H,25,26). The van der Waals surface area contributed by atoms with Crippen LogP contribution in [0.5, 0.6) is 0 Å². The van der Waals surface area contributed by atoms with Crippen LogP contribution in [-0.2, 0) is 32.3 Å². The van der Waals surface area contributed by atoms with Crippen LogP contribution in [0.3, 0.4) is 0 Å². The summed E-state index contributed by atoms with van der Waals surface area (Å²) in [5.41, 5.74) is -2.04. The zero-order chi connectivity index (χ0) is 23.3. The molecule has 32 heavy (non-hydrogen) atoms. The smallest absolute Gasteiger partial charge is 0.411 e. The molecular formula is C21H20N2O9. The Morgan fingerprint density at radius 1 is 1.00 bits per heavy atom. The predicted octanol–water partition coefficient (Wildman–Crippen LogP) is 1.21. The van der Waals surface area contributed by atoms with Gasteiger partial charge in [-0.3, -0.25) is 15.0 Å². The van der Waals surface area contributed by atoms with E-state index >= 15 is 0 Å². The maximum Gasteiger partial charge on any atom is 0.411 e. The van der Waals surface area contributed by atoms with Crippen LogP contribution in [0.25, 0.3) is 0 Å². The van der Waals surface area contributed by atoms with Crippen molar-refractivity contribution in [2.75, 3.05) is 6.54 Å². The van der Waals surface area contributed by atoms with E-state index in [2.05, 4.69) is 0 Å². The molecule has 3 rings (SSSR count). The summed E-state index contributed by atoms with van der Waals surface area (Å²) >= 11 is 0. The maximum absolute atomic E-state index is 13.0. The number of carbonyl (C=O) groups is 3. The van der Waals surface area contributed by atoms with E-state index in [1.54, 1.807) is 60.7 Å². The first kappa shape index (κ1) is 22.7. The average molecular weight is 444 g/mol. The third-order valence-corrected chi connectivity index (χ3v) is 5.09. The highest BCUT2D eigenvalue weighted by molar-refractivity contribution is 6.08. The molecule has 1 aliphatic rings. The summed E-state index contributed by atoms with van der Waals surface area (Å²) in [7, 11) is 0. The van der Waals surface area contributed by atoms with Gasteiger partial charge in [-0.2, -0.15) is 0 Å². The number of ether oxygens (including phenoxy) is 2. The number of likely N-dealkylation sites (tertiary alicyclic amines) is 1. The first-order valence-corrected chi connectivity index (χ1v) is 9.53. The van der Waals surface area contributed by atoms with Crippen molar-refractivity contribution in [1.82, 2.24) is 4.90 Å². The van der Waals surface area contributed by atoms with Crippen molar-refractivity contribution in [1.29, 1.82) is 0 Å². The van der Waals surface area contributed by atoms with Crippen molar-refractivity contribution in [3.63, 3.8) is 0 Å². The molecule has 1 aliphatic heterocycles. The predicted molar refractivity (Wildman–Crippen MR) is 107 cm³/mol. The molecule has 11 nitrogen and oxygen atoms in total. The highest BCUT2D eigenvalue weighted by Gasteiger charge is 2.74. The van der Waals surface area contributed by atoms with Gasteiger partial charge in [0.05, 0.1) is 6.54 Å². The Morgan fingerprint density at radius 2 is 1.50 bits per heavy atom. The van der Waals surface area contributed by atoms with Crippen molar-refractivity contribution in [2.24, 2.45) is 0 Å². The summed E-state index contributed by atoms with van der Waals surface area (Å²) in [4.78, 5) is 48.9. The number of aliphatic hydroxyl groups is 1. The summed E-state index contributed by atoms with van der Waals surface area (Å²) < 4.78 is 10.2. The lowest BCUT2D eigenvalue weighted by atomic mass is 9.90. The Balaban J connectivity index is 1.90. The minimum absolute atomic E-state index is 0.274. The molecule has 0 spiro atoms. The molecule has 1 saturated heterocycles. The second kappa shape index (κ2) is 9.43. The Kier molecular flexibility index (Phi) is 6.69. The fraction of sp³-hybridized carbons (Fsp3) is 0.286. The number of aliphatic hydroxyl groups excluding tert-OH is 1. The van der Waals surface area contributed by atoms with Crippen molar-refractivity contribution >= 4 is 18.0 Å². The largest absolute Gasteiger partial charge is 0.479 e. The molecule has 3 unspecified atom stereocenters. The summed E-state index contributed by atoms with van der Waals surface area (Å²) in [6.07, 6.45) is -3.24. The molecule has 2 aromatic rings. The number of rotatable bonds is 7. The van der Waals surface area contributed by atoms with Crippen LogP contribution in [0.1, 0.15) is 11.1 Å². The van der Waals surface area contributed by atoms with Gasteiger partial charge in [-0.25, -0.2) is 14.4 Å². The van der Waals surface area contributed by atoms with Gasteiger partial charge in [0.1, 0.15) is 19.3 Å². The number of hydrogen-bond donors (Lipinski definition) is 2. The van der Waals surface area contributed by atoms with Crippen LogP contribution < -0.4 is 0 Å². The van der Waals surface area contributed by atoms with Crippen LogP contribution in [0.2, 0.25) is 0 Å². The fourth-order valence-electron chi connectivity index (χ4n) is 3.57. The molecule has 0 aromatic heterocycles. The van der Waals surface area contributed by atoms with Gasteiger partial charge in [-0.05, 0) is 11.1 Å². The molecule has 1 heterocycles. The van der Waals surface area contributed by atoms with Gasteiger partial charge in [0, 0.05) is 4.92 Å². The second-order valence-electron chi connectivity index (χ2n) is 7.08. The number of carboxylic acids is 1. The summed E-state index contributed by atoms with van der Waals surface area (Å²) in [6.45, 7) is -1.46. The Hall–Kier alpha value is -3.99. The number of carboxylic acid groups (broad SMARTS) is 1. The lowest BCUT2D eigenvalue weighted by Crippen LogP contribution is -2.66. The van der Waals surface area contributed by atoms with Crippen molar-refractivity contribution in [3.8, 4) is 0 Å². The lowest BCUT2D eigenvalue weighted by molar-refractivity contribution is -0.536. The highest BCUT2D eigenvalue weighted by Crippen LogP contribution is 2.35. The number of nitro groups is 1. The summed E-state index contributed by atoms with van der Waals surface area (Å²) in [5, 5.41) is 31.8. The molecule has 1 amide bonds. The molecule has 2 aromatic carbocycles. The number of amides is 1. The van der Waals surface area contributed by atoms with Crippen LogP contribution in [0.15, 0.2) is 60.7 Å². The molecule has 0 saturated carbocycles. The summed E-state index contributed by atoms with van der Waals surface area (Å²) in [5.74, 6) is -3.56. The zero-order valence-corrected chi connectivity index (χ0v) is 16.7. The van der Waals surface area contributed by atoms with Crippen LogP contribution in [-0.4, -0.2) is 62.3 Å². The molecule has 0 radical (unpaired) electrons. The van der Waals surface area contributed by atoms with E-state index in [-0.39, 0.29) is 13.2 Å². The van der Waals surface area contributed by atoms with Crippen LogP contribution in [0.4, 0.5) is 4.79 Å². The van der Waals surface area contributed by atoms with Crippen LogP contribution in [0, 0.1) is 10.1 Å². The van der Waals surface area contributed by atoms with E-state index in [0.717, 1.165) is 0 Å². The molecule has 0 bridgehead atoms. The third kappa shape index (κ3) is 4.23. The van der Waals surface area contributed by atoms with Gasteiger partial charge in [0.15, 0.2) is 0 Å². The Bertz CT molecular complexity index is 999. The monoisotopic (exact) mass is 444 g/mol. The molecule has 2 N–H and O–H groups in total. The van der Waals surface area contributed by atoms with E-state index in [1.807, 2.05) is 0 Å². The molecular weight excluding hydrogens is 424 g/mol. The van der Waals surface area contributed by atoms with E-state index in [0.29, 0.717) is 16.0 Å². The number of aliphatic carboxylic acids is 1. The molecule has 0 aliphatic carbocycles. The topological polar surface area (TPSA) is 157 Å². The normalized spacial score (nSPS) is 22.2. The molecule has 1 fully saturated rings. The number of β-amino-alcohol motifs (C(OH)–C–C–N with tert-alkyl or cyclic N) is 1. The van der Waals surface area contributed by atoms with Gasteiger partial charge in [0.2, 0.25) is 0 Å². The number of benzene rings is 2.